The molecule has 1 amide bonds. The van der Waals surface area contributed by atoms with Crippen LogP contribution in [0.15, 0.2) is 0 Å². The van der Waals surface area contributed by atoms with Crippen LogP contribution in [-0.4, -0.2) is 121 Å². The number of ether oxygens (including phenoxy) is 5. The van der Waals surface area contributed by atoms with Gasteiger partial charge in [0.2, 0.25) is 5.91 Å². The van der Waals surface area contributed by atoms with Crippen molar-refractivity contribution in [2.45, 2.75) is 26.7 Å². The van der Waals surface area contributed by atoms with Crippen molar-refractivity contribution in [3.63, 3.8) is 0 Å². The van der Waals surface area contributed by atoms with Crippen molar-refractivity contribution < 1.29 is 33.3 Å². The number of hydrogen-bond acceptors (Lipinski definition) is 8. The Kier molecular flexibility index (Phi) is 16.6. The minimum Gasteiger partial charge on any atom is -0.379 e. The van der Waals surface area contributed by atoms with E-state index in [1.165, 1.54) is 0 Å². The minimum atomic E-state index is 0.0661. The first kappa shape index (κ1) is 27.9. The molecule has 0 radical (unpaired) electrons. The molecule has 1 saturated heterocycles. The van der Waals surface area contributed by atoms with Gasteiger partial charge in [0.1, 0.15) is 5.78 Å². The van der Waals surface area contributed by atoms with Crippen molar-refractivity contribution in [2.75, 3.05) is 99.3 Å². The smallest absolute Gasteiger partial charge is 0.224 e. The van der Waals surface area contributed by atoms with Crippen LogP contribution in [0.2, 0.25) is 0 Å². The first-order chi connectivity index (χ1) is 15.0. The number of amides is 1. The summed E-state index contributed by atoms with van der Waals surface area (Å²) in [7, 11) is 2.07. The quantitative estimate of drug-likeness (QED) is 0.270. The lowest BCUT2D eigenvalue weighted by molar-refractivity contribution is -0.134. The molecule has 1 fully saturated rings. The molecule has 1 aliphatic rings. The monoisotopic (exact) mass is 446 g/mol. The van der Waals surface area contributed by atoms with Gasteiger partial charge in [0.25, 0.3) is 0 Å². The van der Waals surface area contributed by atoms with Crippen LogP contribution in [0.1, 0.15) is 26.7 Å². The van der Waals surface area contributed by atoms with Gasteiger partial charge in [-0.05, 0) is 7.05 Å². The third kappa shape index (κ3) is 15.4. The first-order valence-electron chi connectivity index (χ1n) is 11.4. The zero-order chi connectivity index (χ0) is 22.7. The molecule has 0 aliphatic carbocycles. The van der Waals surface area contributed by atoms with E-state index in [9.17, 15) is 9.59 Å². The molecule has 182 valence electrons. The van der Waals surface area contributed by atoms with Crippen LogP contribution < -0.4 is 0 Å². The molecule has 0 spiro atoms. The lowest BCUT2D eigenvalue weighted by Gasteiger charge is -2.32. The maximum absolute atomic E-state index is 12.0. The number of rotatable bonds is 19. The molecule has 0 atom stereocenters. The van der Waals surface area contributed by atoms with Gasteiger partial charge < -0.3 is 33.5 Å². The molecule has 0 unspecified atom stereocenters. The molecule has 1 heterocycles. The van der Waals surface area contributed by atoms with Crippen molar-refractivity contribution in [2.24, 2.45) is 5.92 Å². The third-order valence-electron chi connectivity index (χ3n) is 4.94. The Hall–Kier alpha value is -1.10. The normalized spacial score (nSPS) is 15.0. The van der Waals surface area contributed by atoms with E-state index >= 15 is 0 Å². The maximum atomic E-state index is 12.0. The molecule has 1 rings (SSSR count). The number of Topliss-reactive ketones (excluding diaryl/α,β-unsaturated/α-hetero) is 1. The van der Waals surface area contributed by atoms with Gasteiger partial charge in [0, 0.05) is 38.5 Å². The number of nitrogens with zero attached hydrogens (tertiary/aromatic N) is 2. The van der Waals surface area contributed by atoms with Crippen LogP contribution in [0.5, 0.6) is 0 Å². The molecular weight excluding hydrogens is 404 g/mol. The predicted molar refractivity (Wildman–Crippen MR) is 117 cm³/mol. The van der Waals surface area contributed by atoms with Crippen LogP contribution >= 0.6 is 0 Å². The zero-order valence-corrected chi connectivity index (χ0v) is 19.6. The summed E-state index contributed by atoms with van der Waals surface area (Å²) in [5.41, 5.74) is 0. The summed E-state index contributed by atoms with van der Waals surface area (Å²) in [6, 6.07) is 0. The van der Waals surface area contributed by atoms with Crippen LogP contribution in [0, 0.1) is 5.92 Å². The van der Waals surface area contributed by atoms with E-state index in [4.69, 9.17) is 23.7 Å². The van der Waals surface area contributed by atoms with Gasteiger partial charge >= 0.3 is 0 Å². The summed E-state index contributed by atoms with van der Waals surface area (Å²) in [6.45, 7) is 12.1. The predicted octanol–water partition coefficient (Wildman–Crippen LogP) is 0.849. The van der Waals surface area contributed by atoms with Crippen molar-refractivity contribution in [1.82, 2.24) is 9.80 Å². The Balaban J connectivity index is 1.74. The van der Waals surface area contributed by atoms with Crippen molar-refractivity contribution in [3.05, 3.63) is 0 Å². The SMILES string of the molecule is CC(C)C(=O)CCOCCOCCOCCOCCOCCC(=O)N1CCN(C)CC1. The molecule has 0 saturated carbocycles. The van der Waals surface area contributed by atoms with E-state index in [1.807, 2.05) is 18.7 Å². The molecule has 31 heavy (non-hydrogen) atoms. The average Bonchev–Trinajstić information content (AvgIpc) is 2.75. The fraction of sp³-hybridized carbons (Fsp3) is 0.909. The van der Waals surface area contributed by atoms with Crippen LogP contribution in [-0.2, 0) is 33.3 Å². The summed E-state index contributed by atoms with van der Waals surface area (Å²) in [4.78, 5) is 27.6. The van der Waals surface area contributed by atoms with Gasteiger partial charge in [0.15, 0.2) is 0 Å². The maximum Gasteiger partial charge on any atom is 0.224 e. The van der Waals surface area contributed by atoms with E-state index in [1.54, 1.807) is 0 Å². The van der Waals surface area contributed by atoms with Crippen molar-refractivity contribution in [3.8, 4) is 0 Å². The Morgan fingerprint density at radius 1 is 0.645 bits per heavy atom. The molecular formula is C22H42N2O7. The van der Waals surface area contributed by atoms with E-state index in [0.29, 0.717) is 78.9 Å². The highest BCUT2D eigenvalue weighted by atomic mass is 16.6. The van der Waals surface area contributed by atoms with E-state index in [2.05, 4.69) is 11.9 Å². The average molecular weight is 447 g/mol. The molecule has 0 aromatic heterocycles. The Labute approximate surface area is 187 Å². The topological polar surface area (TPSA) is 86.8 Å². The van der Waals surface area contributed by atoms with E-state index < -0.39 is 0 Å². The molecule has 0 aromatic rings. The van der Waals surface area contributed by atoms with Gasteiger partial charge in [-0.1, -0.05) is 13.8 Å². The number of ketones is 1. The lowest BCUT2D eigenvalue weighted by Crippen LogP contribution is -2.47. The lowest BCUT2D eigenvalue weighted by atomic mass is 10.1. The third-order valence-corrected chi connectivity index (χ3v) is 4.94. The van der Waals surface area contributed by atoms with Crippen LogP contribution in [0.25, 0.3) is 0 Å². The first-order valence-corrected chi connectivity index (χ1v) is 11.4. The second kappa shape index (κ2) is 18.5. The molecule has 0 aromatic carbocycles. The minimum absolute atomic E-state index is 0.0661. The highest BCUT2D eigenvalue weighted by Gasteiger charge is 2.18. The molecule has 1 aliphatic heterocycles. The van der Waals surface area contributed by atoms with Gasteiger partial charge in [-0.25, -0.2) is 0 Å². The van der Waals surface area contributed by atoms with Gasteiger partial charge in [-0.15, -0.1) is 0 Å². The van der Waals surface area contributed by atoms with Gasteiger partial charge in [-0.2, -0.15) is 0 Å². The summed E-state index contributed by atoms with van der Waals surface area (Å²) < 4.78 is 27.1. The largest absolute Gasteiger partial charge is 0.379 e. The summed E-state index contributed by atoms with van der Waals surface area (Å²) >= 11 is 0. The fourth-order valence-electron chi connectivity index (χ4n) is 2.82. The van der Waals surface area contributed by atoms with Crippen molar-refractivity contribution >= 4 is 11.7 Å². The number of hydrogen-bond donors (Lipinski definition) is 0. The van der Waals surface area contributed by atoms with Crippen LogP contribution in [0.4, 0.5) is 0 Å². The fourth-order valence-corrected chi connectivity index (χ4v) is 2.82. The number of likely N-dealkylation sites (N-methyl/N-ethyl adjacent to an activating group) is 1. The summed E-state index contributed by atoms with van der Waals surface area (Å²) in [5.74, 6) is 0.452. The van der Waals surface area contributed by atoms with Crippen molar-refractivity contribution in [1.29, 1.82) is 0 Å². The summed E-state index contributed by atoms with van der Waals surface area (Å²) in [5, 5.41) is 0. The second-order valence-corrected chi connectivity index (χ2v) is 7.87. The number of carbonyl (C=O) groups excluding carboxylic acids is 2. The number of piperazine rings is 1. The zero-order valence-electron chi connectivity index (χ0n) is 19.6. The standard InChI is InChI=1S/C22H42N2O7/c1-20(2)21(25)4-10-27-12-14-29-16-18-31-19-17-30-15-13-28-11-5-22(26)24-8-6-23(3)7-9-24/h20H,4-19H2,1-3H3. The number of carbonyl (C=O) groups is 2. The Morgan fingerprint density at radius 2 is 1.03 bits per heavy atom. The Morgan fingerprint density at radius 3 is 1.45 bits per heavy atom. The van der Waals surface area contributed by atoms with Gasteiger partial charge in [0.05, 0.1) is 72.5 Å². The molecule has 9 heteroatoms. The van der Waals surface area contributed by atoms with Crippen LogP contribution in [0.3, 0.4) is 0 Å². The van der Waals surface area contributed by atoms with Gasteiger partial charge in [-0.3, -0.25) is 9.59 Å². The summed E-state index contributed by atoms with van der Waals surface area (Å²) in [6.07, 6.45) is 0.883. The highest BCUT2D eigenvalue weighted by Crippen LogP contribution is 2.02. The highest BCUT2D eigenvalue weighted by molar-refractivity contribution is 5.80. The molecule has 9 nitrogen and oxygen atoms in total. The molecule has 0 N–H and O–H groups in total. The second-order valence-electron chi connectivity index (χ2n) is 7.87. The van der Waals surface area contributed by atoms with E-state index in [0.717, 1.165) is 26.2 Å². The molecule has 0 bridgehead atoms. The van der Waals surface area contributed by atoms with E-state index in [-0.39, 0.29) is 17.6 Å². The Bertz CT molecular complexity index is 469.